The Balaban J connectivity index is 2.17. The molecule has 1 atom stereocenters. The maximum atomic E-state index is 10.0. The van der Waals surface area contributed by atoms with E-state index >= 15 is 0 Å². The smallest absolute Gasteiger partial charge is 0.104 e. The number of aliphatic hydroxyl groups excluding tert-OH is 1. The summed E-state index contributed by atoms with van der Waals surface area (Å²) in [6.45, 7) is 1.92. The lowest BCUT2D eigenvalue weighted by atomic mass is 10.2. The van der Waals surface area contributed by atoms with Crippen LogP contribution in [0.4, 0.5) is 0 Å². The monoisotopic (exact) mass is 288 g/mol. The summed E-state index contributed by atoms with van der Waals surface area (Å²) in [6, 6.07) is 1.57. The molecular weight excluding hydrogens is 279 g/mol. The number of hydrogen-bond acceptors (Lipinski definition) is 4. The number of aliphatic hydroxyl groups is 1. The van der Waals surface area contributed by atoms with Gasteiger partial charge in [0.2, 0.25) is 0 Å². The number of aryl methyl sites for hydroxylation is 1. The first kappa shape index (κ1) is 12.8. The first-order chi connectivity index (χ1) is 8.06. The van der Waals surface area contributed by atoms with Crippen LogP contribution in [0.3, 0.4) is 0 Å². The van der Waals surface area contributed by atoms with Gasteiger partial charge in [-0.15, -0.1) is 11.3 Å². The second-order valence-corrected chi connectivity index (χ2v) is 5.41. The van der Waals surface area contributed by atoms with Crippen LogP contribution in [0.25, 0.3) is 0 Å². The second-order valence-electron chi connectivity index (χ2n) is 3.62. The average Bonchev–Trinajstić information content (AvgIpc) is 2.63. The predicted octanol–water partition coefficient (Wildman–Crippen LogP) is 3.43. The molecule has 2 rings (SSSR count). The van der Waals surface area contributed by atoms with Crippen LogP contribution in [0.1, 0.15) is 22.5 Å². The minimum absolute atomic E-state index is 0.373. The highest BCUT2D eigenvalue weighted by atomic mass is 35.5. The lowest BCUT2D eigenvalue weighted by molar-refractivity contribution is 0.173. The van der Waals surface area contributed by atoms with Crippen LogP contribution in [0.2, 0.25) is 10.0 Å². The number of aromatic nitrogens is 2. The van der Waals surface area contributed by atoms with Crippen molar-refractivity contribution in [3.63, 3.8) is 0 Å². The maximum absolute atomic E-state index is 10.0. The standard InChI is InChI=1S/C11H10Cl2N2OS/c1-6-5-17-10(15-6)3-9(16)11-8(13)2-7(12)4-14-11/h2,4-5,9,16H,3H2,1H3. The van der Waals surface area contributed by atoms with Crippen LogP contribution in [0, 0.1) is 6.92 Å². The van der Waals surface area contributed by atoms with Crippen molar-refractivity contribution in [2.75, 3.05) is 0 Å². The second kappa shape index (κ2) is 5.31. The van der Waals surface area contributed by atoms with Gasteiger partial charge < -0.3 is 5.11 Å². The highest BCUT2D eigenvalue weighted by molar-refractivity contribution is 7.09. The van der Waals surface area contributed by atoms with Gasteiger partial charge in [-0.1, -0.05) is 23.2 Å². The van der Waals surface area contributed by atoms with Crippen LogP contribution in [0.15, 0.2) is 17.6 Å². The Kier molecular flexibility index (Phi) is 3.99. The normalized spacial score (nSPS) is 12.7. The molecule has 1 N–H and O–H groups in total. The number of pyridine rings is 1. The summed E-state index contributed by atoms with van der Waals surface area (Å²) in [6.07, 6.45) is 1.12. The number of halogens is 2. The predicted molar refractivity (Wildman–Crippen MR) is 69.8 cm³/mol. The lowest BCUT2D eigenvalue weighted by Crippen LogP contribution is -2.04. The van der Waals surface area contributed by atoms with Gasteiger partial charge >= 0.3 is 0 Å². The summed E-state index contributed by atoms with van der Waals surface area (Å²) in [5, 5.41) is 13.7. The Bertz CT molecular complexity index is 530. The molecule has 1 unspecified atom stereocenters. The van der Waals surface area contributed by atoms with E-state index in [0.717, 1.165) is 10.7 Å². The molecule has 0 aliphatic carbocycles. The van der Waals surface area contributed by atoms with E-state index in [9.17, 15) is 5.11 Å². The summed E-state index contributed by atoms with van der Waals surface area (Å²) in [5.41, 5.74) is 1.39. The molecule has 2 aromatic heterocycles. The third-order valence-electron chi connectivity index (χ3n) is 2.19. The third kappa shape index (κ3) is 3.16. The molecule has 0 saturated heterocycles. The number of hydrogen-bond donors (Lipinski definition) is 1. The molecule has 0 aromatic carbocycles. The molecule has 0 bridgehead atoms. The summed E-state index contributed by atoms with van der Waals surface area (Å²) in [4.78, 5) is 8.33. The molecule has 0 spiro atoms. The Hall–Kier alpha value is -0.680. The third-order valence-corrected chi connectivity index (χ3v) is 3.68. The maximum Gasteiger partial charge on any atom is 0.104 e. The van der Waals surface area contributed by atoms with Gasteiger partial charge in [0.15, 0.2) is 0 Å². The van der Waals surface area contributed by atoms with E-state index in [-0.39, 0.29) is 0 Å². The zero-order valence-electron chi connectivity index (χ0n) is 9.02. The molecule has 2 aromatic rings. The quantitative estimate of drug-likeness (QED) is 0.941. The number of nitrogens with zero attached hydrogens (tertiary/aromatic N) is 2. The first-order valence-electron chi connectivity index (χ1n) is 4.96. The Morgan fingerprint density at radius 1 is 1.47 bits per heavy atom. The van der Waals surface area contributed by atoms with Crippen LogP contribution in [0.5, 0.6) is 0 Å². The van der Waals surface area contributed by atoms with E-state index in [1.54, 1.807) is 6.07 Å². The summed E-state index contributed by atoms with van der Waals surface area (Å²) in [5.74, 6) is 0. The topological polar surface area (TPSA) is 46.0 Å². The molecular formula is C11H10Cl2N2OS. The molecule has 6 heteroatoms. The SMILES string of the molecule is Cc1csc(CC(O)c2ncc(Cl)cc2Cl)n1. The molecule has 0 fully saturated rings. The van der Waals surface area contributed by atoms with E-state index in [2.05, 4.69) is 9.97 Å². The Morgan fingerprint density at radius 2 is 2.24 bits per heavy atom. The van der Waals surface area contributed by atoms with E-state index in [1.807, 2.05) is 12.3 Å². The fourth-order valence-corrected chi connectivity index (χ4v) is 2.75. The van der Waals surface area contributed by atoms with Crippen molar-refractivity contribution >= 4 is 34.5 Å². The highest BCUT2D eigenvalue weighted by Gasteiger charge is 2.15. The molecule has 0 amide bonds. The van der Waals surface area contributed by atoms with Crippen molar-refractivity contribution in [1.29, 1.82) is 0 Å². The fraction of sp³-hybridized carbons (Fsp3) is 0.273. The Morgan fingerprint density at radius 3 is 2.82 bits per heavy atom. The van der Waals surface area contributed by atoms with Gasteiger partial charge in [0.1, 0.15) is 6.10 Å². The van der Waals surface area contributed by atoms with Gasteiger partial charge in [-0.25, -0.2) is 4.98 Å². The van der Waals surface area contributed by atoms with Gasteiger partial charge in [0.05, 0.1) is 20.7 Å². The largest absolute Gasteiger partial charge is 0.386 e. The van der Waals surface area contributed by atoms with Gasteiger partial charge in [-0.2, -0.15) is 0 Å². The van der Waals surface area contributed by atoms with Crippen molar-refractivity contribution in [3.05, 3.63) is 44.1 Å². The van der Waals surface area contributed by atoms with Crippen LogP contribution in [-0.4, -0.2) is 15.1 Å². The van der Waals surface area contributed by atoms with Gasteiger partial charge in [0.25, 0.3) is 0 Å². The average molecular weight is 289 g/mol. The van der Waals surface area contributed by atoms with Crippen molar-refractivity contribution in [3.8, 4) is 0 Å². The molecule has 0 radical (unpaired) electrons. The van der Waals surface area contributed by atoms with E-state index in [4.69, 9.17) is 23.2 Å². The fourth-order valence-electron chi connectivity index (χ4n) is 1.43. The number of rotatable bonds is 3. The van der Waals surface area contributed by atoms with E-state index in [1.165, 1.54) is 17.5 Å². The van der Waals surface area contributed by atoms with Crippen molar-refractivity contribution < 1.29 is 5.11 Å². The molecule has 90 valence electrons. The van der Waals surface area contributed by atoms with Crippen LogP contribution >= 0.6 is 34.5 Å². The van der Waals surface area contributed by atoms with Crippen molar-refractivity contribution in [2.45, 2.75) is 19.4 Å². The van der Waals surface area contributed by atoms with Gasteiger partial charge in [-0.05, 0) is 13.0 Å². The molecule has 2 heterocycles. The van der Waals surface area contributed by atoms with E-state index in [0.29, 0.717) is 22.2 Å². The molecule has 3 nitrogen and oxygen atoms in total. The minimum atomic E-state index is -0.759. The van der Waals surface area contributed by atoms with Crippen molar-refractivity contribution in [2.24, 2.45) is 0 Å². The summed E-state index contributed by atoms with van der Waals surface area (Å²) < 4.78 is 0. The molecule has 0 aliphatic rings. The molecule has 0 aliphatic heterocycles. The number of thiazole rings is 1. The minimum Gasteiger partial charge on any atom is -0.386 e. The highest BCUT2D eigenvalue weighted by Crippen LogP contribution is 2.26. The van der Waals surface area contributed by atoms with Crippen LogP contribution in [-0.2, 0) is 6.42 Å². The molecule has 0 saturated carbocycles. The van der Waals surface area contributed by atoms with Gasteiger partial charge in [0, 0.05) is 23.7 Å². The lowest BCUT2D eigenvalue weighted by Gasteiger charge is -2.10. The summed E-state index contributed by atoms with van der Waals surface area (Å²) >= 11 is 13.2. The first-order valence-corrected chi connectivity index (χ1v) is 6.60. The Labute approximate surface area is 113 Å². The van der Waals surface area contributed by atoms with Crippen LogP contribution < -0.4 is 0 Å². The zero-order valence-corrected chi connectivity index (χ0v) is 11.4. The summed E-state index contributed by atoms with van der Waals surface area (Å²) in [7, 11) is 0. The zero-order chi connectivity index (χ0) is 12.4. The van der Waals surface area contributed by atoms with E-state index < -0.39 is 6.10 Å². The van der Waals surface area contributed by atoms with Gasteiger partial charge in [-0.3, -0.25) is 4.98 Å². The van der Waals surface area contributed by atoms with Crippen molar-refractivity contribution in [1.82, 2.24) is 9.97 Å². The molecule has 17 heavy (non-hydrogen) atoms.